The van der Waals surface area contributed by atoms with Gasteiger partial charge in [0.05, 0.1) is 31.8 Å². The van der Waals surface area contributed by atoms with Crippen LogP contribution in [-0.4, -0.2) is 32.2 Å². The highest BCUT2D eigenvalue weighted by molar-refractivity contribution is 5.94. The molecule has 0 atom stereocenters. The number of fused-ring (bicyclic) bond motifs is 1. The van der Waals surface area contributed by atoms with E-state index in [4.69, 9.17) is 20.1 Å². The minimum Gasteiger partial charge on any atom is -0.457 e. The summed E-state index contributed by atoms with van der Waals surface area (Å²) in [7, 11) is 6.21. The van der Waals surface area contributed by atoms with Gasteiger partial charge in [-0.1, -0.05) is 0 Å². The fourth-order valence-electron chi connectivity index (χ4n) is 1.52. The van der Waals surface area contributed by atoms with Crippen LogP contribution in [-0.2, 0) is 11.3 Å². The predicted octanol–water partition coefficient (Wildman–Crippen LogP) is 1.31. The third-order valence-electron chi connectivity index (χ3n) is 2.45. The molecule has 0 aromatic heterocycles. The molecule has 2 rings (SSSR count). The molecule has 1 aliphatic rings. The molecule has 0 bridgehead atoms. The summed E-state index contributed by atoms with van der Waals surface area (Å²) >= 11 is 0. The molecule has 1 heterocycles. The number of carbonyl (C=O) groups excluding carboxylic acids is 1. The van der Waals surface area contributed by atoms with Crippen LogP contribution in [0.25, 0.3) is 0 Å². The van der Waals surface area contributed by atoms with Crippen molar-refractivity contribution in [1.29, 1.82) is 0 Å². The Kier molecular flexibility index (Phi) is 3.87. The molecule has 0 radical (unpaired) electrons. The van der Waals surface area contributed by atoms with Gasteiger partial charge in [0.1, 0.15) is 12.3 Å². The zero-order valence-corrected chi connectivity index (χ0v) is 10.4. The van der Waals surface area contributed by atoms with Crippen LogP contribution in [0, 0.1) is 15.3 Å². The molecule has 1 aromatic rings. The van der Waals surface area contributed by atoms with E-state index in [1.165, 1.54) is 0 Å². The zero-order chi connectivity index (χ0) is 13.9. The molecule has 98 valence electrons. The Morgan fingerprint density at radius 1 is 1.28 bits per heavy atom. The average Bonchev–Trinajstić information content (AvgIpc) is 2.58. The molecule has 7 heteroatoms. The maximum atomic E-state index is 11.3. The van der Waals surface area contributed by atoms with Gasteiger partial charge in [-0.25, -0.2) is 4.79 Å². The minimum atomic E-state index is -1.75. The summed E-state index contributed by atoms with van der Waals surface area (Å²) in [5.41, 5.74) is 2.82. The number of cyclic esters (lactones) is 1. The van der Waals surface area contributed by atoms with Gasteiger partial charge < -0.3 is 20.1 Å². The Hall–Kier alpha value is -2.15. The standard InChI is InChI=1S/C11H14NO2.NO3/c1-12(2,3)9-5-4-8-7-14-11(13)10(8)6-9;2-1(3)4/h4-6H,7H2,1-3H3;/q+1;-1. The van der Waals surface area contributed by atoms with Crippen molar-refractivity contribution in [3.63, 3.8) is 0 Å². The molecule has 0 N–H and O–H groups in total. The molecule has 0 spiro atoms. The molecule has 0 amide bonds. The number of rotatable bonds is 1. The Morgan fingerprint density at radius 2 is 1.83 bits per heavy atom. The fourth-order valence-corrected chi connectivity index (χ4v) is 1.52. The Bertz CT molecular complexity index is 475. The summed E-state index contributed by atoms with van der Waals surface area (Å²) < 4.78 is 5.65. The first-order valence-electron chi connectivity index (χ1n) is 5.15. The van der Waals surface area contributed by atoms with E-state index in [0.29, 0.717) is 11.1 Å². The third kappa shape index (κ3) is 3.42. The molecule has 0 fully saturated rings. The summed E-state index contributed by atoms with van der Waals surface area (Å²) in [6.45, 7) is 0.422. The number of benzene rings is 1. The first-order chi connectivity index (χ1) is 8.21. The van der Waals surface area contributed by atoms with Crippen molar-refractivity contribution in [3.05, 3.63) is 44.6 Å². The lowest BCUT2D eigenvalue weighted by Crippen LogP contribution is -2.34. The van der Waals surface area contributed by atoms with Gasteiger partial charge in [-0.15, -0.1) is 0 Å². The number of carbonyl (C=O) groups is 1. The molecular formula is C11H14N2O5. The van der Waals surface area contributed by atoms with Crippen LogP contribution in [0.3, 0.4) is 0 Å². The Balaban J connectivity index is 0.000000357. The molecule has 7 nitrogen and oxygen atoms in total. The fraction of sp³-hybridized carbons (Fsp3) is 0.364. The van der Waals surface area contributed by atoms with E-state index < -0.39 is 5.09 Å². The van der Waals surface area contributed by atoms with Gasteiger partial charge in [0.15, 0.2) is 0 Å². The summed E-state index contributed by atoms with van der Waals surface area (Å²) in [5, 5.41) is 14.8. The van der Waals surface area contributed by atoms with E-state index in [2.05, 4.69) is 21.1 Å². The Morgan fingerprint density at radius 3 is 2.33 bits per heavy atom. The van der Waals surface area contributed by atoms with E-state index in [1.807, 2.05) is 18.2 Å². The summed E-state index contributed by atoms with van der Waals surface area (Å²) in [4.78, 5) is 19.6. The predicted molar refractivity (Wildman–Crippen MR) is 65.5 cm³/mol. The van der Waals surface area contributed by atoms with Crippen molar-refractivity contribution in [3.8, 4) is 0 Å². The lowest BCUT2D eigenvalue weighted by atomic mass is 10.1. The first-order valence-corrected chi connectivity index (χ1v) is 5.15. The van der Waals surface area contributed by atoms with Crippen LogP contribution in [0.2, 0.25) is 0 Å². The van der Waals surface area contributed by atoms with Crippen LogP contribution >= 0.6 is 0 Å². The van der Waals surface area contributed by atoms with Gasteiger partial charge in [0, 0.05) is 11.6 Å². The third-order valence-corrected chi connectivity index (χ3v) is 2.45. The lowest BCUT2D eigenvalue weighted by Gasteiger charge is -2.23. The summed E-state index contributed by atoms with van der Waals surface area (Å²) in [6, 6.07) is 5.94. The lowest BCUT2D eigenvalue weighted by molar-refractivity contribution is -0.402. The monoisotopic (exact) mass is 254 g/mol. The average molecular weight is 254 g/mol. The second-order valence-corrected chi connectivity index (χ2v) is 4.65. The summed E-state index contributed by atoms with van der Waals surface area (Å²) in [5.74, 6) is -0.199. The second kappa shape index (κ2) is 5.01. The van der Waals surface area contributed by atoms with E-state index in [-0.39, 0.29) is 5.97 Å². The maximum Gasteiger partial charge on any atom is 0.339 e. The molecule has 0 unspecified atom stereocenters. The highest BCUT2D eigenvalue weighted by Crippen LogP contribution is 2.26. The number of esters is 1. The van der Waals surface area contributed by atoms with Crippen LogP contribution in [0.15, 0.2) is 18.2 Å². The van der Waals surface area contributed by atoms with Crippen molar-refractivity contribution in [2.24, 2.45) is 0 Å². The number of ether oxygens (including phenoxy) is 1. The smallest absolute Gasteiger partial charge is 0.339 e. The highest BCUT2D eigenvalue weighted by atomic mass is 16.9. The van der Waals surface area contributed by atoms with Crippen molar-refractivity contribution in [2.75, 3.05) is 21.1 Å². The Labute approximate surface area is 104 Å². The number of hydrogen-bond acceptors (Lipinski definition) is 5. The van der Waals surface area contributed by atoms with E-state index in [9.17, 15) is 4.79 Å². The van der Waals surface area contributed by atoms with Crippen molar-refractivity contribution >= 4 is 11.7 Å². The molecular weight excluding hydrogens is 240 g/mol. The summed E-state index contributed by atoms with van der Waals surface area (Å²) in [6.07, 6.45) is 0. The molecule has 1 aliphatic heterocycles. The topological polar surface area (TPSA) is 92.5 Å². The SMILES string of the molecule is C[N+](C)(C)c1ccc2c(c1)C(=O)OC2.O=[N+]([O-])[O-]. The number of nitrogens with zero attached hydrogens (tertiary/aromatic N) is 2. The van der Waals surface area contributed by atoms with Gasteiger partial charge in [-0.2, -0.15) is 0 Å². The van der Waals surface area contributed by atoms with Crippen LogP contribution < -0.4 is 4.48 Å². The minimum absolute atomic E-state index is 0.199. The van der Waals surface area contributed by atoms with Crippen LogP contribution in [0.4, 0.5) is 5.69 Å². The normalized spacial score (nSPS) is 13.2. The second-order valence-electron chi connectivity index (χ2n) is 4.65. The van der Waals surface area contributed by atoms with Gasteiger partial charge in [-0.05, 0) is 12.1 Å². The van der Waals surface area contributed by atoms with Crippen LogP contribution in [0.1, 0.15) is 15.9 Å². The first kappa shape index (κ1) is 13.9. The van der Waals surface area contributed by atoms with E-state index in [1.54, 1.807) is 0 Å². The van der Waals surface area contributed by atoms with E-state index >= 15 is 0 Å². The van der Waals surface area contributed by atoms with Gasteiger partial charge in [-0.3, -0.25) is 4.48 Å². The van der Waals surface area contributed by atoms with Crippen LogP contribution in [0.5, 0.6) is 0 Å². The molecule has 0 saturated heterocycles. The van der Waals surface area contributed by atoms with E-state index in [0.717, 1.165) is 16.8 Å². The number of quaternary nitrogens is 1. The molecule has 0 saturated carbocycles. The van der Waals surface area contributed by atoms with Gasteiger partial charge >= 0.3 is 5.97 Å². The molecule has 0 aliphatic carbocycles. The van der Waals surface area contributed by atoms with Crippen molar-refractivity contribution in [2.45, 2.75) is 6.61 Å². The van der Waals surface area contributed by atoms with Crippen molar-refractivity contribution in [1.82, 2.24) is 4.48 Å². The molecule has 1 aromatic carbocycles. The van der Waals surface area contributed by atoms with Crippen molar-refractivity contribution < 1.29 is 14.6 Å². The highest BCUT2D eigenvalue weighted by Gasteiger charge is 2.24. The number of hydrogen-bond donors (Lipinski definition) is 0. The van der Waals surface area contributed by atoms with Gasteiger partial charge in [0.25, 0.3) is 0 Å². The van der Waals surface area contributed by atoms with Gasteiger partial charge in [0.2, 0.25) is 0 Å². The quantitative estimate of drug-likeness (QED) is 0.326. The maximum absolute atomic E-state index is 11.3. The molecule has 18 heavy (non-hydrogen) atoms. The zero-order valence-electron chi connectivity index (χ0n) is 10.4. The largest absolute Gasteiger partial charge is 0.457 e.